The number of nitrogens with zero attached hydrogens (tertiary/aromatic N) is 2. The molecule has 6 nitrogen and oxygen atoms in total. The number of benzene rings is 3. The molecule has 0 spiro atoms. The van der Waals surface area contributed by atoms with E-state index in [1.165, 1.54) is 0 Å². The van der Waals surface area contributed by atoms with Gasteiger partial charge < -0.3 is 0 Å². The van der Waals surface area contributed by atoms with Crippen molar-refractivity contribution in [3.8, 4) is 0 Å². The van der Waals surface area contributed by atoms with Gasteiger partial charge in [0.2, 0.25) is 0 Å². The molecule has 1 N–H and O–H groups in total. The Hall–Kier alpha value is -2.97. The minimum atomic E-state index is -3.98. The molecule has 172 valence electrons. The summed E-state index contributed by atoms with van der Waals surface area (Å²) in [7, 11) is -3.98. The average Bonchev–Trinajstić information content (AvgIpc) is 2.75. The molecule has 0 aliphatic heterocycles. The maximum atomic E-state index is 13.5. The Morgan fingerprint density at radius 3 is 2.06 bits per heavy atom. The van der Waals surface area contributed by atoms with E-state index in [1.807, 2.05) is 51.1 Å². The van der Waals surface area contributed by atoms with E-state index < -0.39 is 22.5 Å². The molecule has 0 saturated heterocycles. The maximum absolute atomic E-state index is 13.5. The van der Waals surface area contributed by atoms with Crippen molar-refractivity contribution in [1.29, 1.82) is 0 Å². The molecule has 0 aliphatic carbocycles. The van der Waals surface area contributed by atoms with Crippen LogP contribution in [0.2, 0.25) is 0 Å². The number of carbonyl (C=O) groups excluding carboxylic acids is 1. The summed E-state index contributed by atoms with van der Waals surface area (Å²) in [4.78, 5) is 12.9. The van der Waals surface area contributed by atoms with Gasteiger partial charge in [-0.3, -0.25) is 9.10 Å². The largest absolute Gasteiger partial charge is 0.271 e. The Bertz CT molecular complexity index is 1270. The van der Waals surface area contributed by atoms with E-state index in [0.717, 1.165) is 31.0 Å². The summed E-state index contributed by atoms with van der Waals surface area (Å²) in [5, 5.41) is 4.15. The van der Waals surface area contributed by atoms with Gasteiger partial charge in [-0.15, -0.1) is 0 Å². The van der Waals surface area contributed by atoms with Crippen LogP contribution in [0.15, 0.2) is 81.2 Å². The molecule has 0 aliphatic rings. The predicted octanol–water partition coefficient (Wildman–Crippen LogP) is 5.11. The van der Waals surface area contributed by atoms with Crippen LogP contribution in [0.1, 0.15) is 29.2 Å². The van der Waals surface area contributed by atoms with Crippen molar-refractivity contribution in [1.82, 2.24) is 5.43 Å². The number of carbonyl (C=O) groups is 1. The monoisotopic (exact) mass is 527 g/mol. The summed E-state index contributed by atoms with van der Waals surface area (Å²) in [5.41, 5.74) is 7.12. The van der Waals surface area contributed by atoms with Gasteiger partial charge in [0.05, 0.1) is 16.3 Å². The summed E-state index contributed by atoms with van der Waals surface area (Å²) in [6.07, 6.45) is 0. The zero-order chi connectivity index (χ0) is 24.2. The molecule has 0 saturated carbocycles. The van der Waals surface area contributed by atoms with E-state index >= 15 is 0 Å². The number of hydrogen-bond donors (Lipinski definition) is 1. The molecule has 0 atom stereocenters. The lowest BCUT2D eigenvalue weighted by Gasteiger charge is -2.24. The number of aryl methyl sites for hydroxylation is 3. The number of nitrogens with one attached hydrogen (secondary N) is 1. The highest BCUT2D eigenvalue weighted by molar-refractivity contribution is 9.10. The first-order chi connectivity index (χ1) is 15.6. The van der Waals surface area contributed by atoms with E-state index in [4.69, 9.17) is 0 Å². The third-order valence-electron chi connectivity index (χ3n) is 5.00. The summed E-state index contributed by atoms with van der Waals surface area (Å²) in [5.74, 6) is -0.540. The standard InChI is InChI=1S/C25H26BrN3O3S/c1-17-5-11-24(12-6-17)33(31,32)29(23-14-18(2)13-19(3)15-23)16-25(30)28-27-20(4)21-7-9-22(26)10-8-21/h5-15H,16H2,1-4H3,(H,28,30)/b27-20-. The van der Waals surface area contributed by atoms with Gasteiger partial charge in [0.1, 0.15) is 6.54 Å². The van der Waals surface area contributed by atoms with Crippen LogP contribution in [0.3, 0.4) is 0 Å². The number of hydrazone groups is 1. The fraction of sp³-hybridized carbons (Fsp3) is 0.200. The molecule has 0 fully saturated rings. The van der Waals surface area contributed by atoms with Gasteiger partial charge in [-0.25, -0.2) is 13.8 Å². The van der Waals surface area contributed by atoms with E-state index in [0.29, 0.717) is 11.4 Å². The summed E-state index contributed by atoms with van der Waals surface area (Å²) in [6, 6.07) is 19.5. The second-order valence-corrected chi connectivity index (χ2v) is 10.7. The Kier molecular flexibility index (Phi) is 7.71. The first-order valence-electron chi connectivity index (χ1n) is 10.3. The van der Waals surface area contributed by atoms with Crippen LogP contribution in [0, 0.1) is 20.8 Å². The molecular weight excluding hydrogens is 502 g/mol. The van der Waals surface area contributed by atoms with E-state index in [1.54, 1.807) is 43.3 Å². The number of rotatable bonds is 7. The zero-order valence-electron chi connectivity index (χ0n) is 19.0. The average molecular weight is 528 g/mol. The van der Waals surface area contributed by atoms with Gasteiger partial charge in [0, 0.05) is 4.47 Å². The van der Waals surface area contributed by atoms with Gasteiger partial charge >= 0.3 is 0 Å². The van der Waals surface area contributed by atoms with Crippen molar-refractivity contribution >= 4 is 43.3 Å². The molecule has 3 rings (SSSR count). The lowest BCUT2D eigenvalue weighted by atomic mass is 10.1. The molecule has 0 unspecified atom stereocenters. The highest BCUT2D eigenvalue weighted by Gasteiger charge is 2.27. The van der Waals surface area contributed by atoms with Crippen LogP contribution in [0.5, 0.6) is 0 Å². The number of amides is 1. The number of sulfonamides is 1. The topological polar surface area (TPSA) is 78.8 Å². The zero-order valence-corrected chi connectivity index (χ0v) is 21.4. The lowest BCUT2D eigenvalue weighted by Crippen LogP contribution is -2.39. The fourth-order valence-electron chi connectivity index (χ4n) is 3.31. The summed E-state index contributed by atoms with van der Waals surface area (Å²) >= 11 is 3.39. The Morgan fingerprint density at radius 2 is 1.48 bits per heavy atom. The van der Waals surface area contributed by atoms with Crippen LogP contribution >= 0.6 is 15.9 Å². The molecular formula is C25H26BrN3O3S. The van der Waals surface area contributed by atoms with Crippen LogP contribution in [-0.2, 0) is 14.8 Å². The number of hydrogen-bond acceptors (Lipinski definition) is 4. The van der Waals surface area contributed by atoms with Crippen molar-refractivity contribution in [2.24, 2.45) is 5.10 Å². The quantitative estimate of drug-likeness (QED) is 0.342. The Labute approximate surface area is 203 Å². The molecule has 0 radical (unpaired) electrons. The number of anilines is 1. The van der Waals surface area contributed by atoms with Crippen LogP contribution in [0.4, 0.5) is 5.69 Å². The van der Waals surface area contributed by atoms with Crippen LogP contribution in [-0.4, -0.2) is 26.6 Å². The normalized spacial score (nSPS) is 11.8. The van der Waals surface area contributed by atoms with Crippen LogP contribution < -0.4 is 9.73 Å². The molecule has 1 amide bonds. The van der Waals surface area contributed by atoms with E-state index in [9.17, 15) is 13.2 Å². The van der Waals surface area contributed by atoms with E-state index in [2.05, 4.69) is 26.5 Å². The lowest BCUT2D eigenvalue weighted by molar-refractivity contribution is -0.119. The highest BCUT2D eigenvalue weighted by atomic mass is 79.9. The first kappa shape index (κ1) is 24.7. The summed E-state index contributed by atoms with van der Waals surface area (Å²) in [6.45, 7) is 7.03. The van der Waals surface area contributed by atoms with E-state index in [-0.39, 0.29) is 4.90 Å². The Balaban J connectivity index is 1.91. The highest BCUT2D eigenvalue weighted by Crippen LogP contribution is 2.26. The van der Waals surface area contributed by atoms with Crippen molar-refractivity contribution in [2.45, 2.75) is 32.6 Å². The smallest absolute Gasteiger partial charge is 0.264 e. The van der Waals surface area contributed by atoms with Crippen molar-refractivity contribution < 1.29 is 13.2 Å². The van der Waals surface area contributed by atoms with Gasteiger partial charge in [0.15, 0.2) is 0 Å². The molecule has 3 aromatic carbocycles. The first-order valence-corrected chi connectivity index (χ1v) is 12.6. The minimum Gasteiger partial charge on any atom is -0.271 e. The second kappa shape index (κ2) is 10.3. The van der Waals surface area contributed by atoms with Gasteiger partial charge in [-0.2, -0.15) is 5.10 Å². The minimum absolute atomic E-state index is 0.120. The van der Waals surface area contributed by atoms with Gasteiger partial charge in [-0.1, -0.05) is 51.8 Å². The third kappa shape index (κ3) is 6.30. The molecule has 0 aromatic heterocycles. The summed E-state index contributed by atoms with van der Waals surface area (Å²) < 4.78 is 29.1. The molecule has 3 aromatic rings. The number of halogens is 1. The molecule has 33 heavy (non-hydrogen) atoms. The fourth-order valence-corrected chi connectivity index (χ4v) is 4.98. The molecule has 0 heterocycles. The molecule has 8 heteroatoms. The molecule has 0 bridgehead atoms. The van der Waals surface area contributed by atoms with Crippen LogP contribution in [0.25, 0.3) is 0 Å². The Morgan fingerprint density at radius 1 is 0.909 bits per heavy atom. The van der Waals surface area contributed by atoms with Crippen molar-refractivity contribution in [2.75, 3.05) is 10.8 Å². The van der Waals surface area contributed by atoms with Crippen molar-refractivity contribution in [3.05, 3.63) is 93.5 Å². The third-order valence-corrected chi connectivity index (χ3v) is 7.32. The second-order valence-electron chi connectivity index (χ2n) is 7.91. The van der Waals surface area contributed by atoms with Gasteiger partial charge in [0.25, 0.3) is 15.9 Å². The predicted molar refractivity (Wildman–Crippen MR) is 136 cm³/mol. The maximum Gasteiger partial charge on any atom is 0.264 e. The van der Waals surface area contributed by atoms with Crippen molar-refractivity contribution in [3.63, 3.8) is 0 Å². The van der Waals surface area contributed by atoms with Gasteiger partial charge in [-0.05, 0) is 80.8 Å². The SMILES string of the molecule is C/C(=N/NC(=O)CN(c1cc(C)cc(C)c1)S(=O)(=O)c1ccc(C)cc1)c1ccc(Br)cc1.